The van der Waals surface area contributed by atoms with Gasteiger partial charge in [0.15, 0.2) is 0 Å². The molecule has 4 heteroatoms. The molecule has 0 radical (unpaired) electrons. The third-order valence-corrected chi connectivity index (χ3v) is 4.24. The lowest BCUT2D eigenvalue weighted by atomic mass is 9.64. The van der Waals surface area contributed by atoms with Crippen LogP contribution in [0.1, 0.15) is 25.8 Å². The van der Waals surface area contributed by atoms with E-state index < -0.39 is 0 Å². The molecule has 0 aromatic heterocycles. The highest BCUT2D eigenvalue weighted by atomic mass is 16.5. The Morgan fingerprint density at radius 3 is 2.58 bits per heavy atom. The predicted octanol–water partition coefficient (Wildman–Crippen LogP) is 1.95. The van der Waals surface area contributed by atoms with Crippen LogP contribution in [0.3, 0.4) is 0 Å². The van der Waals surface area contributed by atoms with Crippen LogP contribution in [0.4, 0.5) is 0 Å². The summed E-state index contributed by atoms with van der Waals surface area (Å²) in [6, 6.07) is 6.11. The standard InChI is InChI=1S/C15H23NO3/c1-15(2)13(8-14(15)17)16-9-10-7-11(18-3)5-6-12(10)19-4/h5-7,13-14,16-17H,8-9H2,1-4H3. The third kappa shape index (κ3) is 2.69. The summed E-state index contributed by atoms with van der Waals surface area (Å²) in [6.07, 6.45) is 0.594. The highest BCUT2D eigenvalue weighted by Crippen LogP contribution is 2.40. The maximum Gasteiger partial charge on any atom is 0.123 e. The molecule has 4 nitrogen and oxygen atoms in total. The summed E-state index contributed by atoms with van der Waals surface area (Å²) in [5.74, 6) is 1.68. The fourth-order valence-corrected chi connectivity index (χ4v) is 2.50. The largest absolute Gasteiger partial charge is 0.497 e. The van der Waals surface area contributed by atoms with Crippen LogP contribution in [0, 0.1) is 5.41 Å². The first-order chi connectivity index (χ1) is 8.98. The third-order valence-electron chi connectivity index (χ3n) is 4.24. The molecule has 1 aliphatic carbocycles. The quantitative estimate of drug-likeness (QED) is 0.854. The van der Waals surface area contributed by atoms with Crippen molar-refractivity contribution in [3.8, 4) is 11.5 Å². The molecule has 0 bridgehead atoms. The second kappa shape index (κ2) is 5.39. The highest BCUT2D eigenvalue weighted by molar-refractivity contribution is 5.40. The maximum atomic E-state index is 9.74. The molecule has 0 saturated heterocycles. The number of methoxy groups -OCH3 is 2. The molecular weight excluding hydrogens is 242 g/mol. The minimum Gasteiger partial charge on any atom is -0.497 e. The molecule has 2 N–H and O–H groups in total. The summed E-state index contributed by atoms with van der Waals surface area (Å²) >= 11 is 0. The molecule has 2 unspecified atom stereocenters. The van der Waals surface area contributed by atoms with Gasteiger partial charge in [-0.25, -0.2) is 0 Å². The number of rotatable bonds is 5. The Kier molecular flexibility index (Phi) is 4.02. The highest BCUT2D eigenvalue weighted by Gasteiger charge is 2.46. The number of hydrogen-bond donors (Lipinski definition) is 2. The van der Waals surface area contributed by atoms with Gasteiger partial charge in [-0.15, -0.1) is 0 Å². The van der Waals surface area contributed by atoms with Crippen molar-refractivity contribution < 1.29 is 14.6 Å². The van der Waals surface area contributed by atoms with E-state index in [-0.39, 0.29) is 11.5 Å². The normalized spacial score (nSPS) is 24.7. The van der Waals surface area contributed by atoms with Gasteiger partial charge in [-0.05, 0) is 24.6 Å². The minimum atomic E-state index is -0.211. The van der Waals surface area contributed by atoms with Crippen LogP contribution in [0.2, 0.25) is 0 Å². The zero-order chi connectivity index (χ0) is 14.0. The van der Waals surface area contributed by atoms with Crippen molar-refractivity contribution >= 4 is 0 Å². The van der Waals surface area contributed by atoms with Gasteiger partial charge in [-0.3, -0.25) is 0 Å². The lowest BCUT2D eigenvalue weighted by Gasteiger charge is -2.49. The molecule has 2 rings (SSSR count). The van der Waals surface area contributed by atoms with Crippen LogP contribution in [0.25, 0.3) is 0 Å². The fraction of sp³-hybridized carbons (Fsp3) is 0.600. The number of benzene rings is 1. The molecule has 1 fully saturated rings. The molecular formula is C15H23NO3. The molecule has 0 aliphatic heterocycles. The van der Waals surface area contributed by atoms with Gasteiger partial charge < -0.3 is 19.9 Å². The molecule has 1 aliphatic rings. The van der Waals surface area contributed by atoms with E-state index in [1.807, 2.05) is 18.2 Å². The van der Waals surface area contributed by atoms with Gasteiger partial charge in [-0.1, -0.05) is 13.8 Å². The van der Waals surface area contributed by atoms with E-state index in [2.05, 4.69) is 19.2 Å². The average Bonchev–Trinajstić information content (AvgIpc) is 2.42. The van der Waals surface area contributed by atoms with Crippen molar-refractivity contribution in [1.29, 1.82) is 0 Å². The second-order valence-electron chi connectivity index (χ2n) is 5.68. The number of aliphatic hydroxyl groups is 1. The molecule has 0 spiro atoms. The number of nitrogens with one attached hydrogen (secondary N) is 1. The summed E-state index contributed by atoms with van der Waals surface area (Å²) in [5, 5.41) is 13.2. The molecule has 1 aromatic rings. The Balaban J connectivity index is 2.03. The average molecular weight is 265 g/mol. The summed E-state index contributed by atoms with van der Waals surface area (Å²) in [4.78, 5) is 0. The van der Waals surface area contributed by atoms with Crippen LogP contribution >= 0.6 is 0 Å². The number of ether oxygens (including phenoxy) is 2. The second-order valence-corrected chi connectivity index (χ2v) is 5.68. The van der Waals surface area contributed by atoms with Crippen LogP contribution < -0.4 is 14.8 Å². The van der Waals surface area contributed by atoms with Crippen molar-refractivity contribution in [2.24, 2.45) is 5.41 Å². The first-order valence-corrected chi connectivity index (χ1v) is 6.61. The van der Waals surface area contributed by atoms with E-state index in [4.69, 9.17) is 9.47 Å². The van der Waals surface area contributed by atoms with Crippen molar-refractivity contribution in [2.75, 3.05) is 14.2 Å². The van der Waals surface area contributed by atoms with E-state index in [1.165, 1.54) is 0 Å². The van der Waals surface area contributed by atoms with E-state index in [0.29, 0.717) is 12.6 Å². The van der Waals surface area contributed by atoms with Crippen LogP contribution in [-0.4, -0.2) is 31.5 Å². The summed E-state index contributed by atoms with van der Waals surface area (Å²) in [5.41, 5.74) is 1.01. The SMILES string of the molecule is COc1ccc(OC)c(CNC2CC(O)C2(C)C)c1. The molecule has 19 heavy (non-hydrogen) atoms. The zero-order valence-corrected chi connectivity index (χ0v) is 12.1. The van der Waals surface area contributed by atoms with Gasteiger partial charge in [0, 0.05) is 23.6 Å². The molecule has 1 saturated carbocycles. The van der Waals surface area contributed by atoms with Crippen LogP contribution in [0.5, 0.6) is 11.5 Å². The van der Waals surface area contributed by atoms with Crippen molar-refractivity contribution in [3.05, 3.63) is 23.8 Å². The molecule has 2 atom stereocenters. The van der Waals surface area contributed by atoms with Gasteiger partial charge in [-0.2, -0.15) is 0 Å². The summed E-state index contributed by atoms with van der Waals surface area (Å²) < 4.78 is 10.6. The summed E-state index contributed by atoms with van der Waals surface area (Å²) in [6.45, 7) is 4.88. The van der Waals surface area contributed by atoms with Gasteiger partial charge in [0.1, 0.15) is 11.5 Å². The minimum absolute atomic E-state index is 0.0634. The first-order valence-electron chi connectivity index (χ1n) is 6.61. The molecule has 106 valence electrons. The topological polar surface area (TPSA) is 50.7 Å². The van der Waals surface area contributed by atoms with Gasteiger partial charge in [0.25, 0.3) is 0 Å². The van der Waals surface area contributed by atoms with Crippen LogP contribution in [0.15, 0.2) is 18.2 Å². The number of hydrogen-bond acceptors (Lipinski definition) is 4. The molecule has 0 heterocycles. The van der Waals surface area contributed by atoms with Crippen LogP contribution in [-0.2, 0) is 6.54 Å². The van der Waals surface area contributed by atoms with E-state index in [1.54, 1.807) is 14.2 Å². The maximum absolute atomic E-state index is 9.74. The van der Waals surface area contributed by atoms with Gasteiger partial charge in [0.2, 0.25) is 0 Å². The predicted molar refractivity (Wildman–Crippen MR) is 74.6 cm³/mol. The van der Waals surface area contributed by atoms with E-state index in [0.717, 1.165) is 23.5 Å². The van der Waals surface area contributed by atoms with E-state index in [9.17, 15) is 5.11 Å². The van der Waals surface area contributed by atoms with Crippen molar-refractivity contribution in [1.82, 2.24) is 5.32 Å². The fourth-order valence-electron chi connectivity index (χ4n) is 2.50. The Bertz CT molecular complexity index is 445. The molecule has 0 amide bonds. The lowest BCUT2D eigenvalue weighted by molar-refractivity contribution is -0.0730. The van der Waals surface area contributed by atoms with Crippen molar-refractivity contribution in [3.63, 3.8) is 0 Å². The molecule has 1 aromatic carbocycles. The monoisotopic (exact) mass is 265 g/mol. The Morgan fingerprint density at radius 2 is 2.05 bits per heavy atom. The lowest BCUT2D eigenvalue weighted by Crippen LogP contribution is -2.59. The van der Waals surface area contributed by atoms with Gasteiger partial charge >= 0.3 is 0 Å². The smallest absolute Gasteiger partial charge is 0.123 e. The van der Waals surface area contributed by atoms with Gasteiger partial charge in [0.05, 0.1) is 20.3 Å². The first kappa shape index (κ1) is 14.2. The summed E-state index contributed by atoms with van der Waals surface area (Å²) in [7, 11) is 3.33. The number of aliphatic hydroxyl groups excluding tert-OH is 1. The zero-order valence-electron chi connectivity index (χ0n) is 12.1. The Labute approximate surface area is 114 Å². The Morgan fingerprint density at radius 1 is 1.32 bits per heavy atom. The Hall–Kier alpha value is -1.26. The van der Waals surface area contributed by atoms with E-state index >= 15 is 0 Å². The van der Waals surface area contributed by atoms with Crippen molar-refractivity contribution in [2.45, 2.75) is 39.0 Å².